The number of phenols is 1. The fourth-order valence-corrected chi connectivity index (χ4v) is 4.45. The monoisotopic (exact) mass is 380 g/mol. The maximum Gasteiger partial charge on any atom is 0.257 e. The first kappa shape index (κ1) is 17.7. The molecule has 0 saturated carbocycles. The molecule has 1 heterocycles. The number of aromatic hydroxyl groups is 1. The molecule has 0 unspecified atom stereocenters. The zero-order valence-electron chi connectivity index (χ0n) is 13.3. The average molecular weight is 381 g/mol. The lowest BCUT2D eigenvalue weighted by Crippen LogP contribution is -2.28. The van der Waals surface area contributed by atoms with Crippen molar-refractivity contribution in [1.82, 2.24) is 4.31 Å². The molecule has 0 radical (unpaired) electrons. The number of rotatable bonds is 4. The fourth-order valence-electron chi connectivity index (χ4n) is 2.69. The number of sulfonamides is 1. The van der Waals surface area contributed by atoms with Crippen molar-refractivity contribution in [3.63, 3.8) is 0 Å². The van der Waals surface area contributed by atoms with Gasteiger partial charge in [-0.2, -0.15) is 4.31 Å². The van der Waals surface area contributed by atoms with Crippen LogP contribution in [0.1, 0.15) is 23.2 Å². The Labute approximate surface area is 151 Å². The number of phenolic OH excluding ortho intramolecular Hbond substituents is 1. The van der Waals surface area contributed by atoms with Crippen LogP contribution in [0.2, 0.25) is 5.02 Å². The van der Waals surface area contributed by atoms with Crippen molar-refractivity contribution >= 4 is 33.2 Å². The first-order valence-corrected chi connectivity index (χ1v) is 9.60. The second-order valence-corrected chi connectivity index (χ2v) is 8.07. The highest BCUT2D eigenvalue weighted by Crippen LogP contribution is 2.30. The summed E-state index contributed by atoms with van der Waals surface area (Å²) >= 11 is 5.99. The molecule has 2 aromatic rings. The molecule has 2 aromatic carbocycles. The van der Waals surface area contributed by atoms with Crippen LogP contribution in [0.4, 0.5) is 5.69 Å². The van der Waals surface area contributed by atoms with Gasteiger partial charge < -0.3 is 10.4 Å². The molecule has 0 spiro atoms. The van der Waals surface area contributed by atoms with Crippen molar-refractivity contribution in [3.05, 3.63) is 53.1 Å². The molecule has 0 aromatic heterocycles. The van der Waals surface area contributed by atoms with Gasteiger partial charge in [0.1, 0.15) is 5.75 Å². The van der Waals surface area contributed by atoms with E-state index in [-0.39, 0.29) is 26.9 Å². The highest BCUT2D eigenvalue weighted by atomic mass is 35.5. The zero-order chi connectivity index (χ0) is 18.0. The first-order chi connectivity index (χ1) is 11.9. The largest absolute Gasteiger partial charge is 0.506 e. The number of nitrogens with one attached hydrogen (secondary N) is 1. The van der Waals surface area contributed by atoms with Gasteiger partial charge in [-0.3, -0.25) is 4.79 Å². The second-order valence-electron chi connectivity index (χ2n) is 5.72. The number of hydrogen-bond donors (Lipinski definition) is 2. The molecule has 1 saturated heterocycles. The van der Waals surface area contributed by atoms with E-state index in [1.54, 1.807) is 24.3 Å². The average Bonchev–Trinajstić information content (AvgIpc) is 3.12. The van der Waals surface area contributed by atoms with Gasteiger partial charge in [-0.05, 0) is 43.2 Å². The summed E-state index contributed by atoms with van der Waals surface area (Å²) in [6, 6.07) is 10.3. The van der Waals surface area contributed by atoms with Crippen LogP contribution in [-0.4, -0.2) is 36.8 Å². The lowest BCUT2D eigenvalue weighted by molar-refractivity contribution is 0.102. The van der Waals surface area contributed by atoms with E-state index >= 15 is 0 Å². The Morgan fingerprint density at radius 1 is 1.12 bits per heavy atom. The van der Waals surface area contributed by atoms with Gasteiger partial charge in [0.15, 0.2) is 0 Å². The van der Waals surface area contributed by atoms with E-state index in [2.05, 4.69) is 5.32 Å². The van der Waals surface area contributed by atoms with Gasteiger partial charge >= 0.3 is 0 Å². The van der Waals surface area contributed by atoms with Gasteiger partial charge in [0, 0.05) is 13.1 Å². The molecule has 3 rings (SSSR count). The summed E-state index contributed by atoms with van der Waals surface area (Å²) in [5.41, 5.74) is 0.251. The van der Waals surface area contributed by atoms with Crippen molar-refractivity contribution in [2.45, 2.75) is 17.7 Å². The van der Waals surface area contributed by atoms with Crippen LogP contribution in [0.3, 0.4) is 0 Å². The minimum Gasteiger partial charge on any atom is -0.506 e. The molecule has 1 fully saturated rings. The third-order valence-electron chi connectivity index (χ3n) is 4.04. The summed E-state index contributed by atoms with van der Waals surface area (Å²) in [7, 11) is -3.64. The van der Waals surface area contributed by atoms with Crippen LogP contribution < -0.4 is 5.32 Å². The molecule has 0 bridgehead atoms. The molecule has 1 aliphatic rings. The van der Waals surface area contributed by atoms with Crippen LogP contribution in [0.25, 0.3) is 0 Å². The van der Waals surface area contributed by atoms with Gasteiger partial charge in [0.25, 0.3) is 5.91 Å². The van der Waals surface area contributed by atoms with E-state index in [1.807, 2.05) is 0 Å². The Balaban J connectivity index is 1.90. The second kappa shape index (κ2) is 7.03. The molecule has 0 aliphatic carbocycles. The van der Waals surface area contributed by atoms with Crippen LogP contribution in [-0.2, 0) is 10.0 Å². The predicted molar refractivity (Wildman–Crippen MR) is 95.5 cm³/mol. The van der Waals surface area contributed by atoms with Gasteiger partial charge in [-0.25, -0.2) is 8.42 Å². The highest BCUT2D eigenvalue weighted by molar-refractivity contribution is 7.89. The maximum absolute atomic E-state index is 12.6. The number of nitrogens with zero attached hydrogens (tertiary/aromatic N) is 1. The van der Waals surface area contributed by atoms with Crippen molar-refractivity contribution in [2.24, 2.45) is 0 Å². The Hall–Kier alpha value is -2.09. The first-order valence-electron chi connectivity index (χ1n) is 7.78. The van der Waals surface area contributed by atoms with Crippen molar-refractivity contribution in [2.75, 3.05) is 18.4 Å². The Morgan fingerprint density at radius 2 is 1.80 bits per heavy atom. The highest BCUT2D eigenvalue weighted by Gasteiger charge is 2.28. The molecule has 1 aliphatic heterocycles. The number of hydrogen-bond acceptors (Lipinski definition) is 4. The SMILES string of the molecule is O=C(Nc1cc(S(=O)(=O)N2CCCC2)ccc1O)c1ccccc1Cl. The van der Waals surface area contributed by atoms with Gasteiger partial charge in [0.2, 0.25) is 10.0 Å². The summed E-state index contributed by atoms with van der Waals surface area (Å²) < 4.78 is 26.6. The standard InChI is InChI=1S/C17H17ClN2O4S/c18-14-6-2-1-5-13(14)17(22)19-15-11-12(7-8-16(15)21)25(23,24)20-9-3-4-10-20/h1-2,5-8,11,21H,3-4,9-10H2,(H,19,22). The van der Waals surface area contributed by atoms with Crippen LogP contribution >= 0.6 is 11.6 Å². The summed E-state index contributed by atoms with van der Waals surface area (Å²) in [5.74, 6) is -0.752. The van der Waals surface area contributed by atoms with E-state index in [1.165, 1.54) is 22.5 Å². The topological polar surface area (TPSA) is 86.7 Å². The summed E-state index contributed by atoms with van der Waals surface area (Å²) in [5, 5.41) is 12.8. The number of anilines is 1. The predicted octanol–water partition coefficient (Wildman–Crippen LogP) is 3.08. The molecule has 132 valence electrons. The number of carbonyl (C=O) groups is 1. The molecule has 2 N–H and O–H groups in total. The van der Waals surface area contributed by atoms with E-state index in [0.717, 1.165) is 12.8 Å². The molecule has 6 nitrogen and oxygen atoms in total. The number of halogens is 1. The number of amides is 1. The third-order valence-corrected chi connectivity index (χ3v) is 6.26. The number of benzene rings is 2. The maximum atomic E-state index is 12.6. The molecular weight excluding hydrogens is 364 g/mol. The molecule has 25 heavy (non-hydrogen) atoms. The van der Waals surface area contributed by atoms with Gasteiger partial charge in [-0.15, -0.1) is 0 Å². The van der Waals surface area contributed by atoms with Gasteiger partial charge in [0.05, 0.1) is 21.2 Å². The minimum absolute atomic E-state index is 0.0187. The van der Waals surface area contributed by atoms with Gasteiger partial charge in [-0.1, -0.05) is 23.7 Å². The third kappa shape index (κ3) is 3.63. The van der Waals surface area contributed by atoms with Crippen LogP contribution in [0, 0.1) is 0 Å². The summed E-state index contributed by atoms with van der Waals surface area (Å²) in [4.78, 5) is 12.4. The molecule has 8 heteroatoms. The normalized spacial score (nSPS) is 15.2. The lowest BCUT2D eigenvalue weighted by Gasteiger charge is -2.17. The quantitative estimate of drug-likeness (QED) is 0.798. The van der Waals surface area contributed by atoms with E-state index in [9.17, 15) is 18.3 Å². The Bertz CT molecular complexity index is 909. The molecular formula is C17H17ClN2O4S. The summed E-state index contributed by atoms with van der Waals surface area (Å²) in [6.07, 6.45) is 1.65. The fraction of sp³-hybridized carbons (Fsp3) is 0.235. The van der Waals surface area contributed by atoms with Crippen LogP contribution in [0.5, 0.6) is 5.75 Å². The Morgan fingerprint density at radius 3 is 2.48 bits per heavy atom. The smallest absolute Gasteiger partial charge is 0.257 e. The molecule has 1 amide bonds. The van der Waals surface area contributed by atoms with E-state index in [0.29, 0.717) is 13.1 Å². The van der Waals surface area contributed by atoms with Crippen molar-refractivity contribution < 1.29 is 18.3 Å². The zero-order valence-corrected chi connectivity index (χ0v) is 14.8. The number of carbonyl (C=O) groups excluding carboxylic acids is 1. The van der Waals surface area contributed by atoms with Crippen LogP contribution in [0.15, 0.2) is 47.4 Å². The van der Waals surface area contributed by atoms with Crippen molar-refractivity contribution in [3.8, 4) is 5.75 Å². The van der Waals surface area contributed by atoms with E-state index < -0.39 is 15.9 Å². The lowest BCUT2D eigenvalue weighted by atomic mass is 10.2. The Kier molecular flexibility index (Phi) is 4.99. The molecule has 0 atom stereocenters. The summed E-state index contributed by atoms with van der Waals surface area (Å²) in [6.45, 7) is 0.953. The minimum atomic E-state index is -3.64. The van der Waals surface area contributed by atoms with Crippen molar-refractivity contribution in [1.29, 1.82) is 0 Å². The van der Waals surface area contributed by atoms with E-state index in [4.69, 9.17) is 11.6 Å².